The van der Waals surface area contributed by atoms with Crippen molar-refractivity contribution in [3.8, 4) is 12.3 Å². The van der Waals surface area contributed by atoms with Crippen LogP contribution in [0.25, 0.3) is 0 Å². The molecule has 15 heavy (non-hydrogen) atoms. The van der Waals surface area contributed by atoms with E-state index in [0.29, 0.717) is 19.4 Å². The van der Waals surface area contributed by atoms with E-state index >= 15 is 0 Å². The second-order valence-corrected chi connectivity index (χ2v) is 3.77. The zero-order chi connectivity index (χ0) is 11.4. The Morgan fingerprint density at radius 1 is 1.80 bits per heavy atom. The molecule has 0 aromatic rings. The minimum Gasteiger partial charge on any atom is -0.368 e. The molecule has 1 aliphatic heterocycles. The number of rotatable bonds is 3. The molecule has 1 fully saturated rings. The molecule has 1 aliphatic rings. The van der Waals surface area contributed by atoms with Gasteiger partial charge in [-0.3, -0.25) is 9.59 Å². The van der Waals surface area contributed by atoms with Gasteiger partial charge in [0.25, 0.3) is 0 Å². The van der Waals surface area contributed by atoms with Crippen molar-refractivity contribution in [3.05, 3.63) is 0 Å². The van der Waals surface area contributed by atoms with E-state index in [-0.39, 0.29) is 11.8 Å². The molecule has 2 unspecified atom stereocenters. The summed E-state index contributed by atoms with van der Waals surface area (Å²) < 4.78 is 0. The molecule has 1 rings (SSSR count). The molecule has 2 amide bonds. The van der Waals surface area contributed by atoms with Crippen molar-refractivity contribution < 1.29 is 9.59 Å². The summed E-state index contributed by atoms with van der Waals surface area (Å²) in [4.78, 5) is 24.4. The first-order valence-corrected chi connectivity index (χ1v) is 5.15. The number of carbonyl (C=O) groups is 2. The normalized spacial score (nSPS) is 23.3. The first-order valence-electron chi connectivity index (χ1n) is 5.15. The molecule has 1 saturated heterocycles. The van der Waals surface area contributed by atoms with Gasteiger partial charge in [-0.1, -0.05) is 6.92 Å². The zero-order valence-corrected chi connectivity index (χ0v) is 8.90. The average Bonchev–Trinajstić information content (AvgIpc) is 2.20. The molecule has 0 aromatic carbocycles. The lowest BCUT2D eigenvalue weighted by Crippen LogP contribution is -2.50. The van der Waals surface area contributed by atoms with Gasteiger partial charge in [0.15, 0.2) is 0 Å². The van der Waals surface area contributed by atoms with Gasteiger partial charge in [-0.05, 0) is 12.8 Å². The van der Waals surface area contributed by atoms with Crippen LogP contribution in [-0.2, 0) is 9.59 Å². The number of nitrogens with two attached hydrogens (primary N) is 1. The summed E-state index contributed by atoms with van der Waals surface area (Å²) in [6.07, 6.45) is 6.91. The number of amides is 2. The van der Waals surface area contributed by atoms with Gasteiger partial charge in [-0.25, -0.2) is 0 Å². The smallest absolute Gasteiger partial charge is 0.240 e. The maximum Gasteiger partial charge on any atom is 0.240 e. The maximum atomic E-state index is 11.7. The lowest BCUT2D eigenvalue weighted by molar-refractivity contribution is -0.142. The topological polar surface area (TPSA) is 63.4 Å². The van der Waals surface area contributed by atoms with E-state index in [2.05, 4.69) is 5.92 Å². The molecule has 2 N–H and O–H groups in total. The highest BCUT2D eigenvalue weighted by Gasteiger charge is 2.31. The fourth-order valence-electron chi connectivity index (χ4n) is 1.90. The second kappa shape index (κ2) is 4.83. The number of hydrogen-bond acceptors (Lipinski definition) is 2. The fraction of sp³-hybridized carbons (Fsp3) is 0.636. The first kappa shape index (κ1) is 11.6. The Bertz CT molecular complexity index is 306. The van der Waals surface area contributed by atoms with E-state index in [1.165, 1.54) is 0 Å². The van der Waals surface area contributed by atoms with Gasteiger partial charge < -0.3 is 10.6 Å². The summed E-state index contributed by atoms with van der Waals surface area (Å²) in [5.74, 6) is 2.09. The van der Waals surface area contributed by atoms with Crippen LogP contribution in [0.15, 0.2) is 0 Å². The first-order chi connectivity index (χ1) is 7.10. The van der Waals surface area contributed by atoms with Crippen LogP contribution in [0.2, 0.25) is 0 Å². The van der Waals surface area contributed by atoms with E-state index in [1.807, 2.05) is 6.92 Å². The Labute approximate surface area is 89.8 Å². The lowest BCUT2D eigenvalue weighted by atomic mass is 9.95. The van der Waals surface area contributed by atoms with Gasteiger partial charge in [0.2, 0.25) is 11.8 Å². The van der Waals surface area contributed by atoms with Crippen molar-refractivity contribution in [1.29, 1.82) is 0 Å². The molecular weight excluding hydrogens is 192 g/mol. The van der Waals surface area contributed by atoms with Gasteiger partial charge in [0.05, 0.1) is 0 Å². The Hall–Kier alpha value is -1.50. The quantitative estimate of drug-likeness (QED) is 0.670. The summed E-state index contributed by atoms with van der Waals surface area (Å²) in [6.45, 7) is 2.38. The average molecular weight is 208 g/mol. The maximum absolute atomic E-state index is 11.7. The third-order valence-corrected chi connectivity index (χ3v) is 2.79. The number of hydrogen-bond donors (Lipinski definition) is 1. The zero-order valence-electron chi connectivity index (χ0n) is 8.90. The predicted octanol–water partition coefficient (Wildman–Crippen LogP) is 0.122. The summed E-state index contributed by atoms with van der Waals surface area (Å²) >= 11 is 0. The van der Waals surface area contributed by atoms with Crippen molar-refractivity contribution >= 4 is 11.8 Å². The number of nitrogens with zero attached hydrogens (tertiary/aromatic N) is 1. The molecule has 0 aromatic heterocycles. The van der Waals surface area contributed by atoms with Gasteiger partial charge in [-0.15, -0.1) is 12.3 Å². The molecule has 0 aliphatic carbocycles. The van der Waals surface area contributed by atoms with E-state index in [9.17, 15) is 9.59 Å². The van der Waals surface area contributed by atoms with Crippen LogP contribution in [0, 0.1) is 18.3 Å². The van der Waals surface area contributed by atoms with Crippen LogP contribution < -0.4 is 5.73 Å². The number of primary amides is 1. The van der Waals surface area contributed by atoms with Gasteiger partial charge in [-0.2, -0.15) is 0 Å². The minimum atomic E-state index is -0.476. The molecule has 82 valence electrons. The van der Waals surface area contributed by atoms with Crippen LogP contribution >= 0.6 is 0 Å². The molecule has 4 nitrogen and oxygen atoms in total. The third kappa shape index (κ3) is 2.50. The Balaban J connectivity index is 2.69. The second-order valence-electron chi connectivity index (χ2n) is 3.77. The molecular formula is C11H16N2O2. The van der Waals surface area contributed by atoms with E-state index in [1.54, 1.807) is 4.90 Å². The minimum absolute atomic E-state index is 0.0131. The van der Waals surface area contributed by atoms with Crippen molar-refractivity contribution in [2.75, 3.05) is 6.54 Å². The highest BCUT2D eigenvalue weighted by atomic mass is 16.2. The molecule has 0 bridgehead atoms. The van der Waals surface area contributed by atoms with Crippen molar-refractivity contribution in [2.45, 2.75) is 32.2 Å². The Morgan fingerprint density at radius 3 is 2.87 bits per heavy atom. The Kier molecular flexibility index (Phi) is 3.73. The molecule has 4 heteroatoms. The van der Waals surface area contributed by atoms with Crippen LogP contribution in [0.1, 0.15) is 26.2 Å². The van der Waals surface area contributed by atoms with Crippen LogP contribution in [0.4, 0.5) is 0 Å². The van der Waals surface area contributed by atoms with E-state index in [0.717, 1.165) is 6.42 Å². The summed E-state index contributed by atoms with van der Waals surface area (Å²) in [7, 11) is 0. The predicted molar refractivity (Wildman–Crippen MR) is 56.5 cm³/mol. The van der Waals surface area contributed by atoms with Gasteiger partial charge in [0.1, 0.15) is 6.04 Å². The van der Waals surface area contributed by atoms with Crippen LogP contribution in [-0.4, -0.2) is 29.3 Å². The Morgan fingerprint density at radius 2 is 2.47 bits per heavy atom. The highest BCUT2D eigenvalue weighted by Crippen LogP contribution is 2.20. The van der Waals surface area contributed by atoms with Gasteiger partial charge >= 0.3 is 0 Å². The summed E-state index contributed by atoms with van der Waals surface area (Å²) in [5, 5.41) is 0. The van der Waals surface area contributed by atoms with Crippen molar-refractivity contribution in [2.24, 2.45) is 11.7 Å². The lowest BCUT2D eigenvalue weighted by Gasteiger charge is -2.34. The molecule has 0 radical (unpaired) electrons. The number of piperidine rings is 1. The van der Waals surface area contributed by atoms with Crippen LogP contribution in [0.5, 0.6) is 0 Å². The fourth-order valence-corrected chi connectivity index (χ4v) is 1.90. The van der Waals surface area contributed by atoms with Crippen molar-refractivity contribution in [1.82, 2.24) is 4.90 Å². The molecule has 0 spiro atoms. The van der Waals surface area contributed by atoms with E-state index < -0.39 is 11.9 Å². The molecule has 2 atom stereocenters. The third-order valence-electron chi connectivity index (χ3n) is 2.79. The van der Waals surface area contributed by atoms with E-state index in [4.69, 9.17) is 12.2 Å². The highest BCUT2D eigenvalue weighted by molar-refractivity contribution is 5.87. The van der Waals surface area contributed by atoms with Gasteiger partial charge in [0, 0.05) is 18.9 Å². The molecule has 1 heterocycles. The largest absolute Gasteiger partial charge is 0.368 e. The standard InChI is InChI=1S/C11H16N2O2/c1-3-8-5-6-13(10(14)7-8)9(4-2)11(12)15/h1,8-9H,4-7H2,2H3,(H2,12,15). The number of terminal acetylenes is 1. The number of carbonyl (C=O) groups excluding carboxylic acids is 2. The SMILES string of the molecule is C#CC1CCN(C(CC)C(N)=O)C(=O)C1. The van der Waals surface area contributed by atoms with Crippen molar-refractivity contribution in [3.63, 3.8) is 0 Å². The van der Waals surface area contributed by atoms with Crippen LogP contribution in [0.3, 0.4) is 0 Å². The summed E-state index contributed by atoms with van der Waals surface area (Å²) in [6, 6.07) is -0.476. The monoisotopic (exact) mass is 208 g/mol. The number of likely N-dealkylation sites (tertiary alicyclic amines) is 1. The summed E-state index contributed by atoms with van der Waals surface area (Å²) in [5.41, 5.74) is 5.23. The molecule has 0 saturated carbocycles.